The molecule has 5 aromatic rings. The normalized spacial score (nSPS) is 15.4. The van der Waals surface area contributed by atoms with Crippen molar-refractivity contribution in [3.8, 4) is 11.5 Å². The highest BCUT2D eigenvalue weighted by Crippen LogP contribution is 2.31. The summed E-state index contributed by atoms with van der Waals surface area (Å²) in [6.45, 7) is 9.65. The number of rotatable bonds is 6. The summed E-state index contributed by atoms with van der Waals surface area (Å²) in [6.07, 6.45) is 4.70. The van der Waals surface area contributed by atoms with Crippen molar-refractivity contribution in [1.82, 2.24) is 29.4 Å². The lowest BCUT2D eigenvalue weighted by molar-refractivity contribution is -0.128. The summed E-state index contributed by atoms with van der Waals surface area (Å²) in [4.78, 5) is 34.4. The van der Waals surface area contributed by atoms with E-state index in [4.69, 9.17) is 9.72 Å². The van der Waals surface area contributed by atoms with Crippen molar-refractivity contribution in [2.45, 2.75) is 19.9 Å². The molecule has 0 saturated carbocycles. The number of pyridine rings is 1. The zero-order valence-corrected chi connectivity index (χ0v) is 22.7. The number of ether oxygens (including phenoxy) is 1. The van der Waals surface area contributed by atoms with E-state index in [1.54, 1.807) is 6.33 Å². The molecule has 0 bridgehead atoms. The molecule has 1 aliphatic heterocycles. The van der Waals surface area contributed by atoms with Crippen LogP contribution in [0.4, 0.5) is 17.3 Å². The quantitative estimate of drug-likeness (QED) is 0.305. The van der Waals surface area contributed by atoms with Crippen molar-refractivity contribution in [2.75, 3.05) is 29.9 Å². The highest BCUT2D eigenvalue weighted by molar-refractivity contribution is 5.89. The average molecular weight is 535 g/mol. The van der Waals surface area contributed by atoms with E-state index in [0.717, 1.165) is 45.1 Å². The number of aryl methyl sites for hydroxylation is 2. The molecular weight excluding hydrogens is 504 g/mol. The van der Waals surface area contributed by atoms with Gasteiger partial charge in [-0.15, -0.1) is 0 Å². The van der Waals surface area contributed by atoms with Crippen LogP contribution in [-0.2, 0) is 11.8 Å². The Bertz CT molecular complexity index is 1750. The fourth-order valence-electron chi connectivity index (χ4n) is 5.09. The van der Waals surface area contributed by atoms with Crippen molar-refractivity contribution in [1.29, 1.82) is 0 Å². The number of benzene rings is 2. The van der Waals surface area contributed by atoms with Gasteiger partial charge in [0.2, 0.25) is 5.91 Å². The van der Waals surface area contributed by atoms with Crippen LogP contribution in [0.3, 0.4) is 0 Å². The molecule has 10 heteroatoms. The molecule has 0 spiro atoms. The van der Waals surface area contributed by atoms with Crippen LogP contribution in [0.1, 0.15) is 12.5 Å². The first-order chi connectivity index (χ1) is 19.4. The van der Waals surface area contributed by atoms with Gasteiger partial charge in [0.05, 0.1) is 22.9 Å². The molecule has 1 saturated heterocycles. The van der Waals surface area contributed by atoms with Gasteiger partial charge in [-0.1, -0.05) is 6.58 Å². The van der Waals surface area contributed by atoms with Crippen LogP contribution < -0.4 is 15.0 Å². The van der Waals surface area contributed by atoms with Crippen LogP contribution in [0, 0.1) is 6.92 Å². The van der Waals surface area contributed by atoms with Gasteiger partial charge in [0.25, 0.3) is 0 Å². The minimum atomic E-state index is -0.0421. The first kappa shape index (κ1) is 25.3. The molecule has 1 atom stereocenters. The molecule has 1 N–H and O–H groups in total. The molecule has 2 aromatic carbocycles. The first-order valence-electron chi connectivity index (χ1n) is 13.2. The average Bonchev–Trinajstić information content (AvgIpc) is 3.33. The van der Waals surface area contributed by atoms with Crippen LogP contribution in [0.25, 0.3) is 22.1 Å². The number of anilines is 3. The smallest absolute Gasteiger partial charge is 0.246 e. The number of imidazole rings is 1. The monoisotopic (exact) mass is 534 g/mol. The van der Waals surface area contributed by atoms with Gasteiger partial charge < -0.3 is 24.4 Å². The molecule has 3 aromatic heterocycles. The summed E-state index contributed by atoms with van der Waals surface area (Å²) in [5, 5.41) is 3.41. The Hall–Kier alpha value is -4.99. The maximum Gasteiger partial charge on any atom is 0.246 e. The van der Waals surface area contributed by atoms with E-state index >= 15 is 0 Å². The van der Waals surface area contributed by atoms with E-state index < -0.39 is 0 Å². The minimum absolute atomic E-state index is 0.0421. The van der Waals surface area contributed by atoms with Crippen molar-refractivity contribution >= 4 is 45.3 Å². The number of carbonyl (C=O) groups excluding carboxylic acids is 1. The zero-order valence-electron chi connectivity index (χ0n) is 22.7. The fraction of sp³-hybridized carbons (Fsp3) is 0.233. The maximum absolute atomic E-state index is 12.1. The third kappa shape index (κ3) is 4.79. The number of nitrogens with zero attached hydrogens (tertiary/aromatic N) is 7. The standard InChI is InChI=1S/C30H30N8O2/c1-5-28(39)38-13-12-37(16-20(38)3)27-11-8-23-29(35-27)30(32-17-31-23)34-21-6-10-26(19(2)14-21)40-22-7-9-25-24(15-22)33-18-36(25)4/h5-11,14-15,17-18,20H,1,12-13,16H2,2-4H3,(H,31,32,34)/t20-/m1/s1. The first-order valence-corrected chi connectivity index (χ1v) is 13.2. The molecular formula is C30H30N8O2. The van der Waals surface area contributed by atoms with E-state index in [2.05, 4.69) is 31.7 Å². The predicted octanol–water partition coefficient (Wildman–Crippen LogP) is 4.98. The predicted molar refractivity (Wildman–Crippen MR) is 156 cm³/mol. The number of carbonyl (C=O) groups is 1. The Morgan fingerprint density at radius 2 is 1.95 bits per heavy atom. The Morgan fingerprint density at radius 1 is 1.07 bits per heavy atom. The molecule has 0 unspecified atom stereocenters. The molecule has 40 heavy (non-hydrogen) atoms. The van der Waals surface area contributed by atoms with Gasteiger partial charge >= 0.3 is 0 Å². The van der Waals surface area contributed by atoms with Crippen molar-refractivity contribution in [3.05, 3.63) is 79.4 Å². The molecule has 0 radical (unpaired) electrons. The number of hydrogen-bond acceptors (Lipinski definition) is 8. The van der Waals surface area contributed by atoms with Crippen LogP contribution in [0.2, 0.25) is 0 Å². The minimum Gasteiger partial charge on any atom is -0.457 e. The summed E-state index contributed by atoms with van der Waals surface area (Å²) in [5.41, 5.74) is 5.20. The highest BCUT2D eigenvalue weighted by Gasteiger charge is 2.27. The molecule has 1 aliphatic rings. The SMILES string of the molecule is C=CC(=O)N1CCN(c2ccc3ncnc(Nc4ccc(Oc5ccc6c(c5)ncn6C)c(C)c4)c3n2)C[C@H]1C. The van der Waals surface area contributed by atoms with Crippen LogP contribution in [0.15, 0.2) is 73.8 Å². The van der Waals surface area contributed by atoms with Crippen molar-refractivity contribution in [3.63, 3.8) is 0 Å². The molecule has 0 aliphatic carbocycles. The van der Waals surface area contributed by atoms with Crippen LogP contribution in [-0.4, -0.2) is 61.0 Å². The lowest BCUT2D eigenvalue weighted by Crippen LogP contribution is -2.53. The summed E-state index contributed by atoms with van der Waals surface area (Å²) >= 11 is 0. The topological polar surface area (TPSA) is 101 Å². The summed E-state index contributed by atoms with van der Waals surface area (Å²) in [7, 11) is 1.97. The highest BCUT2D eigenvalue weighted by atomic mass is 16.5. The molecule has 202 valence electrons. The van der Waals surface area contributed by atoms with E-state index in [1.165, 1.54) is 12.4 Å². The van der Waals surface area contributed by atoms with E-state index in [0.29, 0.717) is 31.0 Å². The number of hydrogen-bond donors (Lipinski definition) is 1. The van der Waals surface area contributed by atoms with Gasteiger partial charge in [0, 0.05) is 44.5 Å². The van der Waals surface area contributed by atoms with Crippen molar-refractivity contribution < 1.29 is 9.53 Å². The van der Waals surface area contributed by atoms with Gasteiger partial charge in [-0.25, -0.2) is 19.9 Å². The number of nitrogens with one attached hydrogen (secondary N) is 1. The van der Waals surface area contributed by atoms with E-state index in [1.807, 2.05) is 78.9 Å². The molecule has 6 rings (SSSR count). The number of amides is 1. The molecule has 1 amide bonds. The number of fused-ring (bicyclic) bond motifs is 2. The van der Waals surface area contributed by atoms with Gasteiger partial charge in [0.1, 0.15) is 29.2 Å². The van der Waals surface area contributed by atoms with Crippen LogP contribution in [0.5, 0.6) is 11.5 Å². The maximum atomic E-state index is 12.1. The Kier molecular flexibility index (Phi) is 6.51. The summed E-state index contributed by atoms with van der Waals surface area (Å²) in [5.74, 6) is 2.90. The second kappa shape index (κ2) is 10.3. The van der Waals surface area contributed by atoms with Gasteiger partial charge in [-0.3, -0.25) is 4.79 Å². The van der Waals surface area contributed by atoms with Crippen LogP contribution >= 0.6 is 0 Å². The van der Waals surface area contributed by atoms with Gasteiger partial charge in [0.15, 0.2) is 5.82 Å². The molecule has 4 heterocycles. The summed E-state index contributed by atoms with van der Waals surface area (Å²) in [6, 6.07) is 15.8. The van der Waals surface area contributed by atoms with E-state index in [9.17, 15) is 4.79 Å². The molecule has 10 nitrogen and oxygen atoms in total. The number of piperazine rings is 1. The summed E-state index contributed by atoms with van der Waals surface area (Å²) < 4.78 is 8.15. The second-order valence-corrected chi connectivity index (χ2v) is 10.0. The van der Waals surface area contributed by atoms with Crippen molar-refractivity contribution in [2.24, 2.45) is 7.05 Å². The fourth-order valence-corrected chi connectivity index (χ4v) is 5.09. The molecule has 1 fully saturated rings. The van der Waals surface area contributed by atoms with Gasteiger partial charge in [-0.05, 0) is 68.0 Å². The Labute approximate surface area is 232 Å². The third-order valence-electron chi connectivity index (χ3n) is 7.24. The lowest BCUT2D eigenvalue weighted by atomic mass is 10.2. The zero-order chi connectivity index (χ0) is 27.8. The lowest BCUT2D eigenvalue weighted by Gasteiger charge is -2.40. The third-order valence-corrected chi connectivity index (χ3v) is 7.24. The second-order valence-electron chi connectivity index (χ2n) is 10.0. The van der Waals surface area contributed by atoms with E-state index in [-0.39, 0.29) is 11.9 Å². The number of aromatic nitrogens is 5. The Balaban J connectivity index is 1.21. The van der Waals surface area contributed by atoms with Gasteiger partial charge in [-0.2, -0.15) is 0 Å². The Morgan fingerprint density at radius 3 is 2.75 bits per heavy atom. The largest absolute Gasteiger partial charge is 0.457 e.